The molecular formula is C13H13N3O. The van der Waals surface area contributed by atoms with Gasteiger partial charge in [0.15, 0.2) is 0 Å². The van der Waals surface area contributed by atoms with Gasteiger partial charge in [0.1, 0.15) is 5.82 Å². The lowest BCUT2D eigenvalue weighted by Gasteiger charge is -1.98. The van der Waals surface area contributed by atoms with Crippen molar-refractivity contribution in [3.05, 3.63) is 53.1 Å². The number of aliphatic hydroxyl groups excluding tert-OH is 1. The van der Waals surface area contributed by atoms with E-state index in [1.807, 2.05) is 12.1 Å². The van der Waals surface area contributed by atoms with Gasteiger partial charge >= 0.3 is 0 Å². The zero-order chi connectivity index (χ0) is 12.1. The average molecular weight is 227 g/mol. The summed E-state index contributed by atoms with van der Waals surface area (Å²) in [5, 5.41) is 17.5. The molecule has 0 radical (unpaired) electrons. The molecular weight excluding hydrogens is 214 g/mol. The first-order valence-corrected chi connectivity index (χ1v) is 5.44. The molecule has 2 rings (SSSR count). The van der Waals surface area contributed by atoms with E-state index >= 15 is 0 Å². The molecule has 1 heterocycles. The van der Waals surface area contributed by atoms with Crippen molar-refractivity contribution in [2.75, 3.05) is 6.61 Å². The van der Waals surface area contributed by atoms with Crippen LogP contribution in [0.5, 0.6) is 0 Å². The van der Waals surface area contributed by atoms with Gasteiger partial charge in [0, 0.05) is 24.7 Å². The van der Waals surface area contributed by atoms with Crippen molar-refractivity contribution in [2.24, 2.45) is 0 Å². The molecule has 17 heavy (non-hydrogen) atoms. The number of hydrogen-bond donors (Lipinski definition) is 2. The zero-order valence-electron chi connectivity index (χ0n) is 9.35. The Bertz CT molecular complexity index is 522. The summed E-state index contributed by atoms with van der Waals surface area (Å²) >= 11 is 0. The third-order valence-electron chi connectivity index (χ3n) is 2.51. The van der Waals surface area contributed by atoms with E-state index in [-0.39, 0.29) is 6.61 Å². The fourth-order valence-electron chi connectivity index (χ4n) is 1.65. The number of nitrogens with one attached hydrogen (secondary N) is 1. The van der Waals surface area contributed by atoms with E-state index in [0.29, 0.717) is 12.0 Å². The normalized spacial score (nSPS) is 10.1. The Labute approximate surface area is 99.6 Å². The molecule has 2 aromatic rings. The minimum Gasteiger partial charge on any atom is -0.396 e. The van der Waals surface area contributed by atoms with Gasteiger partial charge in [-0.15, -0.1) is 0 Å². The van der Waals surface area contributed by atoms with Crippen LogP contribution < -0.4 is 0 Å². The lowest BCUT2D eigenvalue weighted by molar-refractivity contribution is 0.297. The Morgan fingerprint density at radius 2 is 2.06 bits per heavy atom. The van der Waals surface area contributed by atoms with Gasteiger partial charge in [-0.3, -0.25) is 0 Å². The molecule has 4 heteroatoms. The maximum absolute atomic E-state index is 8.79. The van der Waals surface area contributed by atoms with Crippen LogP contribution >= 0.6 is 0 Å². The van der Waals surface area contributed by atoms with Crippen molar-refractivity contribution in [1.82, 2.24) is 9.97 Å². The number of nitriles is 1. The molecule has 1 aromatic carbocycles. The number of rotatable bonds is 4. The van der Waals surface area contributed by atoms with Crippen LogP contribution in [0.4, 0.5) is 0 Å². The molecule has 0 saturated carbocycles. The summed E-state index contributed by atoms with van der Waals surface area (Å²) < 4.78 is 0. The van der Waals surface area contributed by atoms with Gasteiger partial charge in [-0.1, -0.05) is 12.1 Å². The second-order valence-corrected chi connectivity index (χ2v) is 3.81. The number of imidazole rings is 1. The number of aromatic amines is 1. The smallest absolute Gasteiger partial charge is 0.108 e. The summed E-state index contributed by atoms with van der Waals surface area (Å²) in [7, 11) is 0. The SMILES string of the molecule is N#Cc1ccc(Cc2cnc(CCO)[nH]2)cc1. The molecule has 0 spiro atoms. The Morgan fingerprint density at radius 3 is 2.71 bits per heavy atom. The molecule has 0 atom stereocenters. The molecule has 0 aliphatic heterocycles. The second kappa shape index (κ2) is 5.28. The molecule has 0 amide bonds. The van der Waals surface area contributed by atoms with Crippen molar-refractivity contribution in [3.8, 4) is 6.07 Å². The van der Waals surface area contributed by atoms with Crippen molar-refractivity contribution in [1.29, 1.82) is 5.26 Å². The highest BCUT2D eigenvalue weighted by Crippen LogP contribution is 2.09. The molecule has 2 N–H and O–H groups in total. The van der Waals surface area contributed by atoms with Crippen LogP contribution in [0.25, 0.3) is 0 Å². The van der Waals surface area contributed by atoms with Crippen LogP contribution in [0.1, 0.15) is 22.6 Å². The maximum atomic E-state index is 8.79. The van der Waals surface area contributed by atoms with Gasteiger partial charge < -0.3 is 10.1 Å². The van der Waals surface area contributed by atoms with E-state index in [1.165, 1.54) is 0 Å². The summed E-state index contributed by atoms with van der Waals surface area (Å²) in [4.78, 5) is 7.32. The van der Waals surface area contributed by atoms with Crippen LogP contribution in [0.2, 0.25) is 0 Å². The number of benzene rings is 1. The molecule has 1 aromatic heterocycles. The minimum atomic E-state index is 0.101. The highest BCUT2D eigenvalue weighted by molar-refractivity contribution is 5.33. The van der Waals surface area contributed by atoms with Gasteiger partial charge in [-0.25, -0.2) is 4.98 Å². The van der Waals surface area contributed by atoms with E-state index < -0.39 is 0 Å². The van der Waals surface area contributed by atoms with E-state index in [0.717, 1.165) is 23.5 Å². The minimum absolute atomic E-state index is 0.101. The fourth-order valence-corrected chi connectivity index (χ4v) is 1.65. The third-order valence-corrected chi connectivity index (χ3v) is 2.51. The first-order valence-electron chi connectivity index (χ1n) is 5.44. The van der Waals surface area contributed by atoms with Crippen LogP contribution in [0.15, 0.2) is 30.5 Å². The van der Waals surface area contributed by atoms with Gasteiger partial charge in [0.2, 0.25) is 0 Å². The van der Waals surface area contributed by atoms with E-state index in [4.69, 9.17) is 10.4 Å². The maximum Gasteiger partial charge on any atom is 0.108 e. The van der Waals surface area contributed by atoms with Gasteiger partial charge in [0.25, 0.3) is 0 Å². The molecule has 86 valence electrons. The first-order chi connectivity index (χ1) is 8.31. The van der Waals surface area contributed by atoms with Crippen molar-refractivity contribution in [2.45, 2.75) is 12.8 Å². The monoisotopic (exact) mass is 227 g/mol. The number of nitrogens with zero attached hydrogens (tertiary/aromatic N) is 2. The number of aliphatic hydroxyl groups is 1. The van der Waals surface area contributed by atoms with Crippen LogP contribution in [0.3, 0.4) is 0 Å². The Morgan fingerprint density at radius 1 is 1.29 bits per heavy atom. The largest absolute Gasteiger partial charge is 0.396 e. The van der Waals surface area contributed by atoms with Crippen LogP contribution in [-0.2, 0) is 12.8 Å². The number of aromatic nitrogens is 2. The lowest BCUT2D eigenvalue weighted by Crippen LogP contribution is -1.94. The highest BCUT2D eigenvalue weighted by Gasteiger charge is 2.01. The predicted molar refractivity (Wildman–Crippen MR) is 63.3 cm³/mol. The molecule has 0 aliphatic rings. The van der Waals surface area contributed by atoms with Crippen molar-refractivity contribution < 1.29 is 5.11 Å². The van der Waals surface area contributed by atoms with Crippen LogP contribution in [-0.4, -0.2) is 21.7 Å². The third kappa shape index (κ3) is 2.92. The number of hydrogen-bond acceptors (Lipinski definition) is 3. The first kappa shape index (κ1) is 11.4. The Kier molecular flexibility index (Phi) is 3.53. The molecule has 0 unspecified atom stereocenters. The summed E-state index contributed by atoms with van der Waals surface area (Å²) in [5.74, 6) is 0.802. The van der Waals surface area contributed by atoms with E-state index in [9.17, 15) is 0 Å². The van der Waals surface area contributed by atoms with E-state index in [1.54, 1.807) is 18.3 Å². The predicted octanol–water partition coefficient (Wildman–Crippen LogP) is 1.41. The van der Waals surface area contributed by atoms with Crippen molar-refractivity contribution in [3.63, 3.8) is 0 Å². The summed E-state index contributed by atoms with van der Waals surface area (Å²) in [5.41, 5.74) is 2.81. The quantitative estimate of drug-likeness (QED) is 0.829. The standard InChI is InChI=1S/C13H13N3O/c14-8-11-3-1-10(2-4-11)7-12-9-15-13(16-12)5-6-17/h1-4,9,17H,5-7H2,(H,15,16). The number of H-pyrrole nitrogens is 1. The summed E-state index contributed by atoms with van der Waals surface area (Å²) in [6.45, 7) is 0.101. The topological polar surface area (TPSA) is 72.7 Å². The molecule has 0 fully saturated rings. The zero-order valence-corrected chi connectivity index (χ0v) is 9.35. The molecule has 0 aliphatic carbocycles. The van der Waals surface area contributed by atoms with Crippen molar-refractivity contribution >= 4 is 0 Å². The van der Waals surface area contributed by atoms with Gasteiger partial charge in [-0.05, 0) is 17.7 Å². The Hall–Kier alpha value is -2.12. The molecule has 0 bridgehead atoms. The second-order valence-electron chi connectivity index (χ2n) is 3.81. The van der Waals surface area contributed by atoms with E-state index in [2.05, 4.69) is 16.0 Å². The lowest BCUT2D eigenvalue weighted by atomic mass is 10.1. The van der Waals surface area contributed by atoms with Gasteiger partial charge in [-0.2, -0.15) is 5.26 Å². The van der Waals surface area contributed by atoms with Gasteiger partial charge in [0.05, 0.1) is 18.2 Å². The van der Waals surface area contributed by atoms with Crippen LogP contribution in [0, 0.1) is 11.3 Å². The highest BCUT2D eigenvalue weighted by atomic mass is 16.3. The molecule has 0 saturated heterocycles. The Balaban J connectivity index is 2.06. The summed E-state index contributed by atoms with van der Waals surface area (Å²) in [6, 6.07) is 9.57. The molecule has 4 nitrogen and oxygen atoms in total. The fraction of sp³-hybridized carbons (Fsp3) is 0.231. The average Bonchev–Trinajstić information content (AvgIpc) is 2.78. The summed E-state index contributed by atoms with van der Waals surface area (Å²) in [6.07, 6.45) is 3.08.